The summed E-state index contributed by atoms with van der Waals surface area (Å²) in [5.41, 5.74) is 1.36. The molecule has 0 bridgehead atoms. The number of ether oxygens (including phenoxy) is 1. The molecule has 1 aliphatic heterocycles. The minimum atomic E-state index is 0.0296. The fraction of sp³-hybridized carbons (Fsp3) is 0.722. The smallest absolute Gasteiger partial charge is 0.261 e. The van der Waals surface area contributed by atoms with E-state index in [1.54, 1.807) is 11.3 Å². The normalized spacial score (nSPS) is 23.3. The number of thiophene rings is 1. The number of fused-ring (bicyclic) bond motifs is 1. The Morgan fingerprint density at radius 2 is 2.22 bits per heavy atom. The van der Waals surface area contributed by atoms with Gasteiger partial charge in [-0.1, -0.05) is 6.92 Å². The highest BCUT2D eigenvalue weighted by Crippen LogP contribution is 2.32. The molecule has 2 N–H and O–H groups in total. The minimum absolute atomic E-state index is 0.0296. The van der Waals surface area contributed by atoms with Crippen LogP contribution in [0.3, 0.4) is 0 Å². The van der Waals surface area contributed by atoms with Gasteiger partial charge < -0.3 is 15.2 Å². The number of rotatable bonds is 5. The van der Waals surface area contributed by atoms with Crippen LogP contribution < -0.4 is 5.32 Å². The zero-order chi connectivity index (χ0) is 16.2. The molecule has 1 fully saturated rings. The lowest BCUT2D eigenvalue weighted by atomic mass is 9.89. The van der Waals surface area contributed by atoms with Gasteiger partial charge in [-0.2, -0.15) is 0 Å². The van der Waals surface area contributed by atoms with Gasteiger partial charge in [-0.05, 0) is 62.0 Å². The molecule has 128 valence electrons. The molecule has 1 aliphatic carbocycles. The van der Waals surface area contributed by atoms with E-state index < -0.39 is 0 Å². The van der Waals surface area contributed by atoms with Crippen molar-refractivity contribution in [3.05, 3.63) is 21.4 Å². The van der Waals surface area contributed by atoms with E-state index >= 15 is 0 Å². The Bertz CT molecular complexity index is 536. The van der Waals surface area contributed by atoms with Crippen molar-refractivity contribution in [3.8, 4) is 0 Å². The van der Waals surface area contributed by atoms with Gasteiger partial charge in [-0.3, -0.25) is 4.79 Å². The zero-order valence-corrected chi connectivity index (χ0v) is 14.7. The van der Waals surface area contributed by atoms with Gasteiger partial charge in [0.15, 0.2) is 0 Å². The van der Waals surface area contributed by atoms with Gasteiger partial charge in [0.2, 0.25) is 0 Å². The zero-order valence-electron chi connectivity index (χ0n) is 13.8. The average molecular weight is 337 g/mol. The molecule has 5 heteroatoms. The second-order valence-electron chi connectivity index (χ2n) is 6.95. The molecule has 1 amide bonds. The Morgan fingerprint density at radius 1 is 1.43 bits per heavy atom. The summed E-state index contributed by atoms with van der Waals surface area (Å²) in [5.74, 6) is 1.16. The monoisotopic (exact) mass is 337 g/mol. The van der Waals surface area contributed by atoms with Crippen molar-refractivity contribution in [2.75, 3.05) is 19.8 Å². The van der Waals surface area contributed by atoms with Crippen LogP contribution in [-0.4, -0.2) is 36.9 Å². The molecule has 23 heavy (non-hydrogen) atoms. The largest absolute Gasteiger partial charge is 0.396 e. The van der Waals surface area contributed by atoms with Crippen LogP contribution in [0, 0.1) is 11.8 Å². The fourth-order valence-electron chi connectivity index (χ4n) is 3.74. The molecule has 4 nitrogen and oxygen atoms in total. The first-order valence-electron chi connectivity index (χ1n) is 8.78. The summed E-state index contributed by atoms with van der Waals surface area (Å²) in [6, 6.07) is 2.14. The fourth-order valence-corrected chi connectivity index (χ4v) is 4.85. The molecule has 0 aromatic carbocycles. The van der Waals surface area contributed by atoms with Crippen LogP contribution in [0.25, 0.3) is 0 Å². The maximum Gasteiger partial charge on any atom is 0.261 e. The lowest BCUT2D eigenvalue weighted by Gasteiger charge is -2.30. The number of amides is 1. The van der Waals surface area contributed by atoms with Crippen LogP contribution in [-0.2, 0) is 17.6 Å². The Balaban J connectivity index is 1.66. The summed E-state index contributed by atoms with van der Waals surface area (Å²) >= 11 is 1.65. The van der Waals surface area contributed by atoms with Crippen molar-refractivity contribution >= 4 is 17.2 Å². The standard InChI is InChI=1S/C18H27NO3S/c1-12-2-3-16-14(10-12)11-17(23-16)18(21)19-15(4-7-20)13-5-8-22-9-6-13/h11-13,15,20H,2-10H2,1H3,(H,19,21). The first-order valence-corrected chi connectivity index (χ1v) is 9.60. The number of nitrogens with one attached hydrogen (secondary N) is 1. The second-order valence-corrected chi connectivity index (χ2v) is 8.09. The summed E-state index contributed by atoms with van der Waals surface area (Å²) < 4.78 is 5.41. The summed E-state index contributed by atoms with van der Waals surface area (Å²) in [7, 11) is 0. The molecular weight excluding hydrogens is 310 g/mol. The molecule has 0 radical (unpaired) electrons. The van der Waals surface area contributed by atoms with E-state index in [0.29, 0.717) is 12.3 Å². The maximum absolute atomic E-state index is 12.7. The molecule has 3 rings (SSSR count). The van der Waals surface area contributed by atoms with Gasteiger partial charge in [-0.25, -0.2) is 0 Å². The quantitative estimate of drug-likeness (QED) is 0.868. The number of aliphatic hydroxyl groups is 1. The van der Waals surface area contributed by atoms with E-state index in [9.17, 15) is 9.90 Å². The van der Waals surface area contributed by atoms with Crippen molar-refractivity contribution in [1.82, 2.24) is 5.32 Å². The van der Waals surface area contributed by atoms with Crippen LogP contribution in [0.1, 0.15) is 52.7 Å². The van der Waals surface area contributed by atoms with Gasteiger partial charge in [0, 0.05) is 30.7 Å². The predicted molar refractivity (Wildman–Crippen MR) is 92.0 cm³/mol. The topological polar surface area (TPSA) is 58.6 Å². The van der Waals surface area contributed by atoms with Crippen LogP contribution >= 0.6 is 11.3 Å². The molecular formula is C18H27NO3S. The van der Waals surface area contributed by atoms with Crippen molar-refractivity contribution in [3.63, 3.8) is 0 Å². The van der Waals surface area contributed by atoms with E-state index in [0.717, 1.165) is 49.7 Å². The van der Waals surface area contributed by atoms with Crippen molar-refractivity contribution in [2.24, 2.45) is 11.8 Å². The summed E-state index contributed by atoms with van der Waals surface area (Å²) in [5, 5.41) is 12.5. The highest BCUT2D eigenvalue weighted by Gasteiger charge is 2.27. The molecule has 1 saturated heterocycles. The maximum atomic E-state index is 12.7. The number of carbonyl (C=O) groups excluding carboxylic acids is 1. The third-order valence-corrected chi connectivity index (χ3v) is 6.38. The lowest BCUT2D eigenvalue weighted by Crippen LogP contribution is -2.42. The third-order valence-electron chi connectivity index (χ3n) is 5.14. The van der Waals surface area contributed by atoms with Crippen LogP contribution in [0.15, 0.2) is 6.07 Å². The highest BCUT2D eigenvalue weighted by atomic mass is 32.1. The summed E-state index contributed by atoms with van der Waals surface area (Å²) in [6.45, 7) is 3.91. The van der Waals surface area contributed by atoms with Gasteiger partial charge in [0.1, 0.15) is 0 Å². The van der Waals surface area contributed by atoms with Gasteiger partial charge in [-0.15, -0.1) is 11.3 Å². The lowest BCUT2D eigenvalue weighted by molar-refractivity contribution is 0.0479. The molecule has 2 atom stereocenters. The third kappa shape index (κ3) is 4.14. The van der Waals surface area contributed by atoms with Crippen LogP contribution in [0.2, 0.25) is 0 Å². The van der Waals surface area contributed by atoms with Crippen molar-refractivity contribution in [1.29, 1.82) is 0 Å². The van der Waals surface area contributed by atoms with E-state index in [4.69, 9.17) is 4.74 Å². The molecule has 2 heterocycles. The Morgan fingerprint density at radius 3 is 2.96 bits per heavy atom. The molecule has 2 aliphatic rings. The number of carbonyl (C=O) groups is 1. The van der Waals surface area contributed by atoms with E-state index in [2.05, 4.69) is 18.3 Å². The Kier molecular flexibility index (Phi) is 5.72. The summed E-state index contributed by atoms with van der Waals surface area (Å²) in [4.78, 5) is 14.9. The molecule has 1 aromatic heterocycles. The van der Waals surface area contributed by atoms with Crippen LogP contribution in [0.5, 0.6) is 0 Å². The highest BCUT2D eigenvalue weighted by molar-refractivity contribution is 7.14. The van der Waals surface area contributed by atoms with Crippen LogP contribution in [0.4, 0.5) is 0 Å². The first kappa shape index (κ1) is 16.9. The van der Waals surface area contributed by atoms with Gasteiger partial charge >= 0.3 is 0 Å². The Hall–Kier alpha value is -0.910. The number of hydrogen-bond acceptors (Lipinski definition) is 4. The van der Waals surface area contributed by atoms with E-state index in [1.807, 2.05) is 0 Å². The molecule has 0 saturated carbocycles. The van der Waals surface area contributed by atoms with Gasteiger partial charge in [0.05, 0.1) is 4.88 Å². The number of aryl methyl sites for hydroxylation is 1. The molecule has 2 unspecified atom stereocenters. The van der Waals surface area contributed by atoms with Crippen molar-refractivity contribution < 1.29 is 14.6 Å². The van der Waals surface area contributed by atoms with Gasteiger partial charge in [0.25, 0.3) is 5.91 Å². The van der Waals surface area contributed by atoms with E-state index in [-0.39, 0.29) is 18.6 Å². The summed E-state index contributed by atoms with van der Waals surface area (Å²) in [6.07, 6.45) is 5.97. The number of aliphatic hydroxyl groups excluding tert-OH is 1. The van der Waals surface area contributed by atoms with E-state index in [1.165, 1.54) is 16.9 Å². The SMILES string of the molecule is CC1CCc2sc(C(=O)NC(CCO)C3CCOCC3)cc2C1. The number of hydrogen-bond donors (Lipinski definition) is 2. The first-order chi connectivity index (χ1) is 11.2. The Labute approximate surface area is 142 Å². The second kappa shape index (κ2) is 7.77. The average Bonchev–Trinajstić information content (AvgIpc) is 2.98. The molecule has 0 spiro atoms. The minimum Gasteiger partial charge on any atom is -0.396 e. The predicted octanol–water partition coefficient (Wildman–Crippen LogP) is 2.78. The molecule has 1 aromatic rings. The van der Waals surface area contributed by atoms with Crippen molar-refractivity contribution in [2.45, 2.75) is 51.5 Å².